The summed E-state index contributed by atoms with van der Waals surface area (Å²) >= 11 is 0. The number of anilines is 1. The third-order valence-electron chi connectivity index (χ3n) is 7.69. The number of morpholine rings is 1. The Morgan fingerprint density at radius 1 is 0.880 bits per heavy atom. The van der Waals surface area contributed by atoms with Crippen molar-refractivity contribution in [3.8, 4) is 34.4 Å². The number of methoxy groups -OCH3 is 2. The first-order valence-electron chi connectivity index (χ1n) is 15.1. The molecule has 5 aromatic rings. The first-order chi connectivity index (χ1) is 24.1. The first kappa shape index (κ1) is 33.6. The predicted molar refractivity (Wildman–Crippen MR) is 175 cm³/mol. The van der Waals surface area contributed by atoms with E-state index >= 15 is 4.39 Å². The zero-order valence-electron chi connectivity index (χ0n) is 26.7. The number of hydrogen-bond donors (Lipinski definition) is 1. The maximum atomic E-state index is 15.2. The molecule has 1 aliphatic heterocycles. The molecule has 2 aromatic heterocycles. The Labute approximate surface area is 281 Å². The van der Waals surface area contributed by atoms with Gasteiger partial charge in [0.2, 0.25) is 11.7 Å². The molecule has 0 unspecified atom stereocenters. The van der Waals surface area contributed by atoms with Crippen molar-refractivity contribution in [2.24, 2.45) is 0 Å². The highest BCUT2D eigenvalue weighted by molar-refractivity contribution is 5.89. The minimum atomic E-state index is -1.20. The maximum absolute atomic E-state index is 15.2. The molecule has 0 bridgehead atoms. The van der Waals surface area contributed by atoms with Gasteiger partial charge >= 0.3 is 17.3 Å². The van der Waals surface area contributed by atoms with Crippen LogP contribution in [-0.2, 0) is 16.1 Å². The largest absolute Gasteiger partial charge is 0.493 e. The van der Waals surface area contributed by atoms with Gasteiger partial charge in [0.15, 0.2) is 23.1 Å². The molecule has 1 N–H and O–H groups in total. The van der Waals surface area contributed by atoms with Crippen molar-refractivity contribution in [2.45, 2.75) is 6.54 Å². The van der Waals surface area contributed by atoms with Crippen LogP contribution in [0.1, 0.15) is 0 Å². The molecule has 1 aliphatic rings. The number of halogens is 2. The third-order valence-corrected chi connectivity index (χ3v) is 7.69. The lowest BCUT2D eigenvalue weighted by molar-refractivity contribution is -0.136. The summed E-state index contributed by atoms with van der Waals surface area (Å²) in [6, 6.07) is 12.9. The van der Waals surface area contributed by atoms with Crippen LogP contribution in [0.25, 0.3) is 16.6 Å². The van der Waals surface area contributed by atoms with Gasteiger partial charge in [0.25, 0.3) is 0 Å². The number of rotatable bonds is 9. The Bertz CT molecular complexity index is 2200. The van der Waals surface area contributed by atoms with E-state index in [1.807, 2.05) is 0 Å². The van der Waals surface area contributed by atoms with E-state index in [1.54, 1.807) is 18.2 Å². The molecule has 0 saturated carbocycles. The van der Waals surface area contributed by atoms with Gasteiger partial charge < -0.3 is 28.6 Å². The molecule has 258 valence electrons. The maximum Gasteiger partial charge on any atom is 0.417 e. The summed E-state index contributed by atoms with van der Waals surface area (Å²) in [5, 5.41) is 2.85. The van der Waals surface area contributed by atoms with E-state index in [1.165, 1.54) is 49.6 Å². The van der Waals surface area contributed by atoms with Gasteiger partial charge in [-0.05, 0) is 48.5 Å². The molecule has 0 spiro atoms. The van der Waals surface area contributed by atoms with Crippen LogP contribution in [0.3, 0.4) is 0 Å². The molecule has 1 saturated heterocycles. The highest BCUT2D eigenvalue weighted by Gasteiger charge is 2.22. The second kappa shape index (κ2) is 14.4. The van der Waals surface area contributed by atoms with Crippen molar-refractivity contribution in [3.05, 3.63) is 106 Å². The Kier molecular flexibility index (Phi) is 9.71. The summed E-state index contributed by atoms with van der Waals surface area (Å²) in [7, 11) is 2.96. The van der Waals surface area contributed by atoms with E-state index in [4.69, 9.17) is 23.7 Å². The SMILES string of the molecule is COc1cc2nccc(Oc3ccc(NC(=O)Oc4cn(CC(=O)N5CCOCC5)c(=O)n(-c5ccc(F)cc5)c4=O)cc3F)c2cc1OC. The number of carbonyl (C=O) groups excluding carboxylic acids is 2. The van der Waals surface area contributed by atoms with Crippen LogP contribution < -0.4 is 35.5 Å². The van der Waals surface area contributed by atoms with Gasteiger partial charge in [-0.25, -0.2) is 22.9 Å². The van der Waals surface area contributed by atoms with E-state index in [0.717, 1.165) is 29.0 Å². The fourth-order valence-electron chi connectivity index (χ4n) is 5.20. The molecular weight excluding hydrogens is 660 g/mol. The summed E-state index contributed by atoms with van der Waals surface area (Å²) < 4.78 is 57.5. The van der Waals surface area contributed by atoms with E-state index in [0.29, 0.717) is 53.3 Å². The number of nitrogens with zero attached hydrogens (tertiary/aromatic N) is 4. The average Bonchev–Trinajstić information content (AvgIpc) is 3.12. The van der Waals surface area contributed by atoms with Gasteiger partial charge in [-0.2, -0.15) is 0 Å². The first-order valence-corrected chi connectivity index (χ1v) is 15.1. The quantitative estimate of drug-likeness (QED) is 0.239. The molecule has 1 fully saturated rings. The number of fused-ring (bicyclic) bond motifs is 1. The fourth-order valence-corrected chi connectivity index (χ4v) is 5.20. The molecule has 16 heteroatoms. The number of aromatic nitrogens is 3. The minimum Gasteiger partial charge on any atom is -0.493 e. The van der Waals surface area contributed by atoms with Gasteiger partial charge in [-0.3, -0.25) is 24.5 Å². The van der Waals surface area contributed by atoms with Crippen LogP contribution in [0.2, 0.25) is 0 Å². The molecule has 0 aliphatic carbocycles. The van der Waals surface area contributed by atoms with Gasteiger partial charge in [-0.15, -0.1) is 0 Å². The van der Waals surface area contributed by atoms with E-state index in [2.05, 4.69) is 10.3 Å². The Balaban J connectivity index is 1.24. The monoisotopic (exact) mass is 689 g/mol. The number of hydrogen-bond acceptors (Lipinski definition) is 10. The lowest BCUT2D eigenvalue weighted by atomic mass is 10.2. The molecule has 50 heavy (non-hydrogen) atoms. The van der Waals surface area contributed by atoms with Crippen molar-refractivity contribution in [1.82, 2.24) is 19.0 Å². The summed E-state index contributed by atoms with van der Waals surface area (Å²) in [5.74, 6) is -1.56. The molecular formula is C34H29F2N5O9. The van der Waals surface area contributed by atoms with Gasteiger partial charge in [0, 0.05) is 42.5 Å². The van der Waals surface area contributed by atoms with Gasteiger partial charge in [0.05, 0.1) is 44.8 Å². The standard InChI is InChI=1S/C34H29F2N5O9/c1-46-28-16-23-25(17-29(28)47-2)37-10-9-26(23)49-27-8-5-21(15-24(27)36)38-33(44)50-30-18-40(19-31(42)39-11-13-48-14-12-39)34(45)41(32(30)43)22-6-3-20(35)4-7-22/h3-10,15-18H,11-14,19H2,1-2H3,(H,38,44). The summed E-state index contributed by atoms with van der Waals surface area (Å²) in [6.07, 6.45) is 1.22. The number of carbonyl (C=O) groups is 2. The second-order valence-electron chi connectivity index (χ2n) is 10.8. The molecule has 2 amide bonds. The normalized spacial score (nSPS) is 12.8. The van der Waals surface area contributed by atoms with Crippen LogP contribution in [0, 0.1) is 11.6 Å². The minimum absolute atomic E-state index is 0.0305. The number of nitrogens with one attached hydrogen (secondary N) is 1. The molecule has 6 rings (SSSR count). The third kappa shape index (κ3) is 7.09. The van der Waals surface area contributed by atoms with Crippen LogP contribution in [-0.4, -0.2) is 71.5 Å². The molecule has 0 atom stereocenters. The van der Waals surface area contributed by atoms with Crippen molar-refractivity contribution in [3.63, 3.8) is 0 Å². The lowest BCUT2D eigenvalue weighted by Crippen LogP contribution is -2.46. The average molecular weight is 690 g/mol. The van der Waals surface area contributed by atoms with Gasteiger partial charge in [-0.1, -0.05) is 0 Å². The van der Waals surface area contributed by atoms with Crippen molar-refractivity contribution in [2.75, 3.05) is 45.8 Å². The highest BCUT2D eigenvalue weighted by Crippen LogP contribution is 2.37. The number of amides is 2. The zero-order chi connectivity index (χ0) is 35.4. The molecule has 3 aromatic carbocycles. The molecule has 3 heterocycles. The zero-order valence-corrected chi connectivity index (χ0v) is 26.7. The topological polar surface area (TPSA) is 152 Å². The summed E-state index contributed by atoms with van der Waals surface area (Å²) in [6.45, 7) is 0.770. The predicted octanol–water partition coefficient (Wildman–Crippen LogP) is 4.10. The summed E-state index contributed by atoms with van der Waals surface area (Å²) in [5.41, 5.74) is -1.55. The van der Waals surface area contributed by atoms with Crippen molar-refractivity contribution >= 4 is 28.6 Å². The summed E-state index contributed by atoms with van der Waals surface area (Å²) in [4.78, 5) is 58.5. The fraction of sp³-hybridized carbons (Fsp3) is 0.206. The Hall–Kier alpha value is -6.29. The van der Waals surface area contributed by atoms with Crippen molar-refractivity contribution < 1.29 is 42.1 Å². The van der Waals surface area contributed by atoms with E-state index < -0.39 is 47.2 Å². The number of pyridine rings is 1. The van der Waals surface area contributed by atoms with Crippen LogP contribution in [0.15, 0.2) is 82.6 Å². The number of benzene rings is 3. The van der Waals surface area contributed by atoms with Crippen molar-refractivity contribution in [1.29, 1.82) is 0 Å². The van der Waals surface area contributed by atoms with Gasteiger partial charge in [0.1, 0.15) is 18.1 Å². The molecule has 14 nitrogen and oxygen atoms in total. The van der Waals surface area contributed by atoms with Crippen LogP contribution in [0.4, 0.5) is 19.3 Å². The Morgan fingerprint density at radius 2 is 1.60 bits per heavy atom. The highest BCUT2D eigenvalue weighted by atomic mass is 19.1. The van der Waals surface area contributed by atoms with E-state index in [9.17, 15) is 23.6 Å². The lowest BCUT2D eigenvalue weighted by Gasteiger charge is -2.27. The molecule has 0 radical (unpaired) electrons. The van der Waals surface area contributed by atoms with E-state index in [-0.39, 0.29) is 22.9 Å². The second-order valence-corrected chi connectivity index (χ2v) is 10.8. The van der Waals surface area contributed by atoms with Crippen LogP contribution in [0.5, 0.6) is 28.7 Å². The number of ether oxygens (including phenoxy) is 5. The van der Waals surface area contributed by atoms with Crippen LogP contribution >= 0.6 is 0 Å². The Morgan fingerprint density at radius 3 is 2.30 bits per heavy atom. The smallest absolute Gasteiger partial charge is 0.417 e.